The summed E-state index contributed by atoms with van der Waals surface area (Å²) in [6, 6.07) is -0.436. The largest absolute Gasteiger partial charge is 0.350 e. The molecule has 30 heavy (non-hydrogen) atoms. The third-order valence-corrected chi connectivity index (χ3v) is 5.94. The molecule has 0 fully saturated rings. The van der Waals surface area contributed by atoms with E-state index < -0.39 is 11.8 Å². The molecule has 0 aromatic heterocycles. The van der Waals surface area contributed by atoms with Gasteiger partial charge in [-0.25, -0.2) is 0 Å². The first-order chi connectivity index (χ1) is 14.0. The van der Waals surface area contributed by atoms with E-state index in [0.29, 0.717) is 26.1 Å². The predicted octanol–water partition coefficient (Wildman–Crippen LogP) is 6.96. The van der Waals surface area contributed by atoms with E-state index in [2.05, 4.69) is 41.2 Å². The molecule has 0 aromatic rings. The lowest BCUT2D eigenvalue weighted by Gasteiger charge is -2.41. The molecule has 0 aromatic carbocycles. The minimum atomic E-state index is -0.670. The van der Waals surface area contributed by atoms with Gasteiger partial charge in [0.2, 0.25) is 0 Å². The molecule has 2 unspecified atom stereocenters. The van der Waals surface area contributed by atoms with E-state index in [1.807, 2.05) is 6.92 Å². The molecule has 0 bridgehead atoms. The summed E-state index contributed by atoms with van der Waals surface area (Å²) in [5.74, 6) is -0.513. The van der Waals surface area contributed by atoms with E-state index in [1.165, 1.54) is 44.1 Å². The van der Waals surface area contributed by atoms with Gasteiger partial charge in [-0.1, -0.05) is 71.8 Å². The van der Waals surface area contributed by atoms with Crippen LogP contribution in [0, 0.1) is 5.41 Å². The molecule has 4 nitrogen and oxygen atoms in total. The molecule has 0 spiro atoms. The van der Waals surface area contributed by atoms with Gasteiger partial charge in [-0.15, -0.1) is 6.58 Å². The Bertz CT molecular complexity index is 469. The maximum Gasteiger partial charge on any atom is 0.170 e. The fraction of sp³-hybridized carbons (Fsp3) is 0.885. The van der Waals surface area contributed by atoms with Crippen molar-refractivity contribution in [3.63, 3.8) is 0 Å². The normalized spacial score (nSPS) is 15.0. The van der Waals surface area contributed by atoms with Crippen molar-refractivity contribution in [3.8, 4) is 0 Å². The first-order valence-electron chi connectivity index (χ1n) is 12.2. The molecule has 0 rings (SSSR count). The van der Waals surface area contributed by atoms with Gasteiger partial charge < -0.3 is 15.2 Å². The average Bonchev–Trinajstić information content (AvgIpc) is 2.66. The van der Waals surface area contributed by atoms with Crippen LogP contribution >= 0.6 is 0 Å². The van der Waals surface area contributed by atoms with Gasteiger partial charge in [-0.3, -0.25) is 4.79 Å². The van der Waals surface area contributed by atoms with Crippen molar-refractivity contribution in [1.82, 2.24) is 0 Å². The van der Waals surface area contributed by atoms with Crippen LogP contribution in [-0.4, -0.2) is 30.8 Å². The van der Waals surface area contributed by atoms with Crippen LogP contribution in [0.15, 0.2) is 12.2 Å². The van der Waals surface area contributed by atoms with Crippen molar-refractivity contribution >= 4 is 5.78 Å². The molecule has 0 saturated heterocycles. The molecule has 0 radical (unpaired) electrons. The number of unbranched alkanes of at least 4 members (excludes halogenated alkanes) is 7. The fourth-order valence-electron chi connectivity index (χ4n) is 3.29. The molecule has 0 aliphatic rings. The van der Waals surface area contributed by atoms with Gasteiger partial charge in [-0.05, 0) is 46.0 Å². The minimum Gasteiger partial charge on any atom is -0.350 e. The Labute approximate surface area is 187 Å². The number of nitrogens with two attached hydrogens (primary N) is 1. The lowest BCUT2D eigenvalue weighted by molar-refractivity contribution is -0.278. The molecule has 178 valence electrons. The van der Waals surface area contributed by atoms with Crippen molar-refractivity contribution < 1.29 is 14.3 Å². The van der Waals surface area contributed by atoms with Crippen LogP contribution in [0.2, 0.25) is 0 Å². The predicted molar refractivity (Wildman–Crippen MR) is 129 cm³/mol. The minimum absolute atomic E-state index is 0.152. The maximum atomic E-state index is 12.3. The molecule has 0 aliphatic heterocycles. The van der Waals surface area contributed by atoms with Crippen LogP contribution in [0.1, 0.15) is 119 Å². The third-order valence-electron chi connectivity index (χ3n) is 5.94. The van der Waals surface area contributed by atoms with Gasteiger partial charge in [0.25, 0.3) is 0 Å². The first-order valence-corrected chi connectivity index (χ1v) is 12.2. The van der Waals surface area contributed by atoms with Crippen molar-refractivity contribution in [2.45, 2.75) is 130 Å². The second-order valence-electron chi connectivity index (χ2n) is 10.0. The second kappa shape index (κ2) is 16.0. The number of Topliss-reactive ketones (excluding diaryl/α,β-unsaturated/α-hetero) is 1. The van der Waals surface area contributed by atoms with Crippen LogP contribution < -0.4 is 5.73 Å². The zero-order chi connectivity index (χ0) is 23.0. The zero-order valence-electron chi connectivity index (χ0n) is 21.0. The molecule has 0 heterocycles. The monoisotopic (exact) mass is 425 g/mol. The molecular formula is C26H51NO3. The van der Waals surface area contributed by atoms with Crippen LogP contribution in [0.5, 0.6) is 0 Å². The smallest absolute Gasteiger partial charge is 0.170 e. The van der Waals surface area contributed by atoms with Gasteiger partial charge >= 0.3 is 0 Å². The van der Waals surface area contributed by atoms with E-state index in [0.717, 1.165) is 25.7 Å². The molecule has 0 aliphatic carbocycles. The van der Waals surface area contributed by atoms with E-state index in [-0.39, 0.29) is 11.2 Å². The van der Waals surface area contributed by atoms with Crippen molar-refractivity contribution in [2.24, 2.45) is 11.1 Å². The van der Waals surface area contributed by atoms with Crippen LogP contribution in [0.3, 0.4) is 0 Å². The van der Waals surface area contributed by atoms with E-state index >= 15 is 0 Å². The highest BCUT2D eigenvalue weighted by atomic mass is 16.7. The number of carbonyl (C=O) groups is 1. The molecule has 0 saturated carbocycles. The Morgan fingerprint density at radius 3 is 1.80 bits per heavy atom. The van der Waals surface area contributed by atoms with Crippen molar-refractivity contribution in [2.75, 3.05) is 13.2 Å². The Balaban J connectivity index is 3.89. The lowest BCUT2D eigenvalue weighted by atomic mass is 9.86. The summed E-state index contributed by atoms with van der Waals surface area (Å²) in [5, 5.41) is 0. The summed E-state index contributed by atoms with van der Waals surface area (Å²) >= 11 is 0. The topological polar surface area (TPSA) is 61.6 Å². The number of rotatable bonds is 19. The summed E-state index contributed by atoms with van der Waals surface area (Å²) in [6.45, 7) is 17.5. The van der Waals surface area contributed by atoms with Gasteiger partial charge in [0.1, 0.15) is 5.78 Å². The van der Waals surface area contributed by atoms with E-state index in [9.17, 15) is 4.79 Å². The number of ketones is 1. The first kappa shape index (κ1) is 29.3. The van der Waals surface area contributed by atoms with Crippen molar-refractivity contribution in [3.05, 3.63) is 12.2 Å². The third kappa shape index (κ3) is 13.6. The highest BCUT2D eigenvalue weighted by Gasteiger charge is 2.39. The van der Waals surface area contributed by atoms with Gasteiger partial charge in [0, 0.05) is 18.4 Å². The number of ether oxygens (including phenoxy) is 2. The van der Waals surface area contributed by atoms with Crippen LogP contribution in [0.25, 0.3) is 0 Å². The SMILES string of the molecule is C=C(C)CCCCCCCCCCC(=O)C(N)CCOC(C)(OCCC)C(C)(C)C. The molecule has 2 N–H and O–H groups in total. The molecule has 0 amide bonds. The zero-order valence-corrected chi connectivity index (χ0v) is 21.0. The highest BCUT2D eigenvalue weighted by Crippen LogP contribution is 2.35. The van der Waals surface area contributed by atoms with Crippen LogP contribution in [0.4, 0.5) is 0 Å². The van der Waals surface area contributed by atoms with Gasteiger partial charge in [0.05, 0.1) is 12.6 Å². The maximum absolute atomic E-state index is 12.3. The Morgan fingerprint density at radius 2 is 1.33 bits per heavy atom. The molecule has 2 atom stereocenters. The number of carbonyl (C=O) groups excluding carboxylic acids is 1. The lowest BCUT2D eigenvalue weighted by Crippen LogP contribution is -2.46. The molecular weight excluding hydrogens is 374 g/mol. The summed E-state index contributed by atoms with van der Waals surface area (Å²) in [6.07, 6.45) is 13.0. The van der Waals surface area contributed by atoms with Gasteiger partial charge in [-0.2, -0.15) is 0 Å². The van der Waals surface area contributed by atoms with Gasteiger partial charge in [0.15, 0.2) is 5.79 Å². The quantitative estimate of drug-likeness (QED) is 0.138. The number of hydrogen-bond donors (Lipinski definition) is 1. The second-order valence-corrected chi connectivity index (χ2v) is 10.0. The summed E-state index contributed by atoms with van der Waals surface area (Å²) in [4.78, 5) is 12.3. The van der Waals surface area contributed by atoms with E-state index in [4.69, 9.17) is 15.2 Å². The number of hydrogen-bond acceptors (Lipinski definition) is 4. The average molecular weight is 426 g/mol. The highest BCUT2D eigenvalue weighted by molar-refractivity contribution is 5.83. The van der Waals surface area contributed by atoms with Crippen LogP contribution in [-0.2, 0) is 14.3 Å². The Hall–Kier alpha value is -0.710. The summed E-state index contributed by atoms with van der Waals surface area (Å²) in [5.41, 5.74) is 7.25. The van der Waals surface area contributed by atoms with E-state index in [1.54, 1.807) is 0 Å². The molecule has 4 heteroatoms. The fourth-order valence-corrected chi connectivity index (χ4v) is 3.29. The summed E-state index contributed by atoms with van der Waals surface area (Å²) < 4.78 is 12.0. The standard InChI is InChI=1S/C26H51NO3/c1-8-20-29-26(7,25(4,5)6)30-21-19-23(27)24(28)18-16-14-12-10-9-11-13-15-17-22(2)3/h23H,2,8-21,27H2,1,3-7H3. The summed E-state index contributed by atoms with van der Waals surface area (Å²) in [7, 11) is 0. The van der Waals surface area contributed by atoms with Crippen molar-refractivity contribution in [1.29, 1.82) is 0 Å². The number of allylic oxidation sites excluding steroid dienone is 1. The Morgan fingerprint density at radius 1 is 0.867 bits per heavy atom. The Kier molecular flexibility index (Phi) is 15.6.